The van der Waals surface area contributed by atoms with Crippen LogP contribution in [0.3, 0.4) is 0 Å². The molecule has 0 aliphatic rings. The Hall–Kier alpha value is -1.57. The van der Waals surface area contributed by atoms with Crippen LogP contribution in [-0.2, 0) is 0 Å². The van der Waals surface area contributed by atoms with Crippen LogP contribution in [0.2, 0.25) is 0 Å². The van der Waals surface area contributed by atoms with Gasteiger partial charge >= 0.3 is 0 Å². The molecule has 4 N–H and O–H groups in total. The second-order valence-corrected chi connectivity index (χ2v) is 3.21. The van der Waals surface area contributed by atoms with Crippen LogP contribution in [0.1, 0.15) is 11.7 Å². The van der Waals surface area contributed by atoms with E-state index < -0.39 is 28.6 Å². The molecule has 0 aliphatic carbocycles. The fraction of sp³-hybridized carbons (Fsp3) is 0.333. The van der Waals surface area contributed by atoms with Crippen molar-refractivity contribution in [1.82, 2.24) is 0 Å². The van der Waals surface area contributed by atoms with Crippen molar-refractivity contribution in [2.45, 2.75) is 12.2 Å². The number of rotatable bonds is 4. The zero-order valence-corrected chi connectivity index (χ0v) is 8.21. The van der Waals surface area contributed by atoms with Gasteiger partial charge in [-0.05, 0) is 12.1 Å². The largest absolute Gasteiger partial charge is 0.389 e. The van der Waals surface area contributed by atoms with Crippen LogP contribution in [0.25, 0.3) is 0 Å². The molecule has 0 bridgehead atoms. The molecular weight excluding hydrogens is 219 g/mol. The lowest BCUT2D eigenvalue weighted by molar-refractivity contribution is -0.386. The van der Waals surface area contributed by atoms with Gasteiger partial charge in [-0.2, -0.15) is 0 Å². The standard InChI is InChI=1S/C9H11FN2O4/c10-5-1-2-7(12(15)16)6(3-5)9(14)8(13)4-11/h1-3,8-9,13-14H,4,11H2. The van der Waals surface area contributed by atoms with E-state index in [-0.39, 0.29) is 12.1 Å². The summed E-state index contributed by atoms with van der Waals surface area (Å²) in [6.07, 6.45) is -2.96. The third kappa shape index (κ3) is 2.51. The number of nitrogens with two attached hydrogens (primary N) is 1. The van der Waals surface area contributed by atoms with E-state index >= 15 is 0 Å². The Morgan fingerprint density at radius 1 is 1.50 bits per heavy atom. The monoisotopic (exact) mass is 230 g/mol. The number of benzene rings is 1. The van der Waals surface area contributed by atoms with Crippen LogP contribution in [0.5, 0.6) is 0 Å². The second-order valence-electron chi connectivity index (χ2n) is 3.21. The minimum Gasteiger partial charge on any atom is -0.389 e. The maximum absolute atomic E-state index is 12.9. The van der Waals surface area contributed by atoms with Crippen LogP contribution < -0.4 is 5.73 Å². The molecule has 0 fully saturated rings. The summed E-state index contributed by atoms with van der Waals surface area (Å²) in [6, 6.07) is 2.64. The summed E-state index contributed by atoms with van der Waals surface area (Å²) in [5.74, 6) is -0.733. The van der Waals surface area contributed by atoms with Crippen LogP contribution in [0.4, 0.5) is 10.1 Å². The molecular formula is C9H11FN2O4. The predicted molar refractivity (Wildman–Crippen MR) is 53.1 cm³/mol. The first-order valence-corrected chi connectivity index (χ1v) is 4.47. The molecule has 0 aliphatic heterocycles. The van der Waals surface area contributed by atoms with E-state index in [4.69, 9.17) is 5.73 Å². The van der Waals surface area contributed by atoms with Crippen LogP contribution in [0.15, 0.2) is 18.2 Å². The van der Waals surface area contributed by atoms with Gasteiger partial charge in [-0.1, -0.05) is 0 Å². The van der Waals surface area contributed by atoms with Crippen LogP contribution in [0, 0.1) is 15.9 Å². The van der Waals surface area contributed by atoms with Gasteiger partial charge < -0.3 is 15.9 Å². The molecule has 1 aromatic carbocycles. The van der Waals surface area contributed by atoms with E-state index in [1.165, 1.54) is 0 Å². The molecule has 1 rings (SSSR count). The lowest BCUT2D eigenvalue weighted by Gasteiger charge is -2.16. The van der Waals surface area contributed by atoms with Crippen molar-refractivity contribution in [2.75, 3.05) is 6.54 Å². The summed E-state index contributed by atoms with van der Waals surface area (Å²) in [4.78, 5) is 9.84. The normalized spacial score (nSPS) is 14.5. The van der Waals surface area contributed by atoms with Crippen molar-refractivity contribution < 1.29 is 19.5 Å². The van der Waals surface area contributed by atoms with Crippen LogP contribution >= 0.6 is 0 Å². The summed E-state index contributed by atoms with van der Waals surface area (Å²) in [5, 5.41) is 29.4. The number of aliphatic hydroxyl groups is 2. The van der Waals surface area contributed by atoms with Crippen molar-refractivity contribution in [1.29, 1.82) is 0 Å². The van der Waals surface area contributed by atoms with E-state index in [0.717, 1.165) is 18.2 Å². The highest BCUT2D eigenvalue weighted by Crippen LogP contribution is 2.27. The van der Waals surface area contributed by atoms with Crippen LogP contribution in [-0.4, -0.2) is 27.8 Å². The number of halogens is 1. The number of aliphatic hydroxyl groups excluding tert-OH is 2. The van der Waals surface area contributed by atoms with E-state index in [1.807, 2.05) is 0 Å². The van der Waals surface area contributed by atoms with E-state index in [9.17, 15) is 24.7 Å². The highest BCUT2D eigenvalue weighted by atomic mass is 19.1. The SMILES string of the molecule is NCC(O)C(O)c1cc(F)ccc1[N+](=O)[O-]. The van der Waals surface area contributed by atoms with Crippen molar-refractivity contribution in [3.63, 3.8) is 0 Å². The molecule has 0 amide bonds. The summed E-state index contributed by atoms with van der Waals surface area (Å²) in [7, 11) is 0. The Labute approximate surface area is 90.3 Å². The predicted octanol–water partition coefficient (Wildman–Crippen LogP) is 0.0869. The van der Waals surface area contributed by atoms with Crippen molar-refractivity contribution in [2.24, 2.45) is 5.73 Å². The first kappa shape index (κ1) is 12.5. The minimum atomic E-state index is -1.58. The Kier molecular flexibility index (Phi) is 3.88. The topological polar surface area (TPSA) is 110 Å². The molecule has 2 atom stereocenters. The van der Waals surface area contributed by atoms with Gasteiger partial charge in [0.25, 0.3) is 5.69 Å². The lowest BCUT2D eigenvalue weighted by Crippen LogP contribution is -2.27. The third-order valence-electron chi connectivity index (χ3n) is 2.11. The summed E-state index contributed by atoms with van der Waals surface area (Å²) >= 11 is 0. The summed E-state index contributed by atoms with van der Waals surface area (Å²) < 4.78 is 12.9. The Morgan fingerprint density at radius 3 is 2.62 bits per heavy atom. The van der Waals surface area contributed by atoms with Gasteiger partial charge in [0.05, 0.1) is 16.6 Å². The highest BCUT2D eigenvalue weighted by molar-refractivity contribution is 5.42. The average Bonchev–Trinajstić information content (AvgIpc) is 2.26. The third-order valence-corrected chi connectivity index (χ3v) is 2.11. The van der Waals surface area contributed by atoms with Gasteiger partial charge in [-0.3, -0.25) is 10.1 Å². The van der Waals surface area contributed by atoms with Crippen molar-refractivity contribution >= 4 is 5.69 Å². The summed E-state index contributed by atoms with van der Waals surface area (Å²) in [5.41, 5.74) is 4.35. The zero-order valence-electron chi connectivity index (χ0n) is 8.21. The maximum Gasteiger partial charge on any atom is 0.275 e. The molecule has 0 heterocycles. The molecule has 6 nitrogen and oxygen atoms in total. The molecule has 2 unspecified atom stereocenters. The molecule has 7 heteroatoms. The fourth-order valence-corrected chi connectivity index (χ4v) is 1.26. The highest BCUT2D eigenvalue weighted by Gasteiger charge is 2.25. The van der Waals surface area contributed by atoms with Gasteiger partial charge in [0.1, 0.15) is 11.9 Å². The van der Waals surface area contributed by atoms with E-state index in [2.05, 4.69) is 0 Å². The van der Waals surface area contributed by atoms with Gasteiger partial charge in [-0.25, -0.2) is 4.39 Å². The fourth-order valence-electron chi connectivity index (χ4n) is 1.26. The first-order valence-electron chi connectivity index (χ1n) is 4.47. The number of nitro groups is 1. The second kappa shape index (κ2) is 4.97. The Morgan fingerprint density at radius 2 is 2.12 bits per heavy atom. The average molecular weight is 230 g/mol. The molecule has 0 saturated carbocycles. The molecule has 0 radical (unpaired) electrons. The molecule has 16 heavy (non-hydrogen) atoms. The molecule has 0 aromatic heterocycles. The number of hydrogen-bond donors (Lipinski definition) is 3. The molecule has 1 aromatic rings. The molecule has 88 valence electrons. The zero-order chi connectivity index (χ0) is 12.3. The van der Waals surface area contributed by atoms with Crippen molar-refractivity contribution in [3.8, 4) is 0 Å². The van der Waals surface area contributed by atoms with Gasteiger partial charge in [0.15, 0.2) is 0 Å². The van der Waals surface area contributed by atoms with Gasteiger partial charge in [0, 0.05) is 12.6 Å². The molecule has 0 spiro atoms. The first-order chi connectivity index (χ1) is 7.47. The number of hydrogen-bond acceptors (Lipinski definition) is 5. The quantitative estimate of drug-likeness (QED) is 0.501. The van der Waals surface area contributed by atoms with Crippen molar-refractivity contribution in [3.05, 3.63) is 39.7 Å². The van der Waals surface area contributed by atoms with E-state index in [0.29, 0.717) is 0 Å². The molecule has 0 saturated heterocycles. The Bertz CT molecular complexity index is 399. The Balaban J connectivity index is 3.19. The lowest BCUT2D eigenvalue weighted by atomic mass is 10.0. The van der Waals surface area contributed by atoms with Gasteiger partial charge in [-0.15, -0.1) is 0 Å². The smallest absolute Gasteiger partial charge is 0.275 e. The van der Waals surface area contributed by atoms with Gasteiger partial charge in [0.2, 0.25) is 0 Å². The summed E-state index contributed by atoms with van der Waals surface area (Å²) in [6.45, 7) is -0.283. The maximum atomic E-state index is 12.9. The number of nitro benzene ring substituents is 1. The van der Waals surface area contributed by atoms with E-state index in [1.54, 1.807) is 0 Å². The number of nitrogens with zero attached hydrogens (tertiary/aromatic N) is 1. The minimum absolute atomic E-state index is 0.283.